The minimum atomic E-state index is -4.28. The second kappa shape index (κ2) is 15.8. The van der Waals surface area contributed by atoms with Gasteiger partial charge in [0, 0.05) is 25.8 Å². The second-order valence-corrected chi connectivity index (χ2v) is 13.4. The number of hydrogen-bond donors (Lipinski definition) is 1. The Bertz CT molecular complexity index is 906. The van der Waals surface area contributed by atoms with E-state index in [9.17, 15) is 27.4 Å². The Morgan fingerprint density at radius 1 is 0.821 bits per heavy atom. The molecule has 0 aromatic heterocycles. The van der Waals surface area contributed by atoms with Crippen LogP contribution in [0.4, 0.5) is 0 Å². The Balaban J connectivity index is 5.60. The van der Waals surface area contributed by atoms with Crippen LogP contribution >= 0.6 is 0 Å². The lowest BCUT2D eigenvalue weighted by Gasteiger charge is -2.39. The molecule has 0 bridgehead atoms. The highest BCUT2D eigenvalue weighted by atomic mass is 32.2. The van der Waals surface area contributed by atoms with Gasteiger partial charge in [0.25, 0.3) is 0 Å². The van der Waals surface area contributed by atoms with E-state index in [0.717, 1.165) is 0 Å². The number of rotatable bonds is 20. The van der Waals surface area contributed by atoms with E-state index in [1.165, 1.54) is 7.11 Å². The van der Waals surface area contributed by atoms with E-state index in [0.29, 0.717) is 24.0 Å². The van der Waals surface area contributed by atoms with Gasteiger partial charge in [-0.1, -0.05) is 6.92 Å². The molecule has 2 N–H and O–H groups in total. The van der Waals surface area contributed by atoms with Crippen LogP contribution in [0.25, 0.3) is 0 Å². The van der Waals surface area contributed by atoms with Crippen molar-refractivity contribution in [3.8, 4) is 0 Å². The van der Waals surface area contributed by atoms with Crippen molar-refractivity contribution in [3.05, 3.63) is 0 Å². The number of likely N-dealkylation sites (N-methyl/N-ethyl adjacent to an activating group) is 1. The van der Waals surface area contributed by atoms with E-state index >= 15 is 0 Å². The molecule has 0 amide bonds. The summed E-state index contributed by atoms with van der Waals surface area (Å²) in [6.45, 7) is 9.90. The Kier molecular flexibility index (Phi) is 15.1. The number of carbonyl (C=O) groups excluding carboxylic acids is 3. The third-order valence-corrected chi connectivity index (χ3v) is 7.68. The minimum Gasteiger partial charge on any atom is -0.748 e. The smallest absolute Gasteiger partial charge is 0.312 e. The highest BCUT2D eigenvalue weighted by Crippen LogP contribution is 2.45. The molecule has 0 saturated carbocycles. The molecule has 0 aliphatic rings. The molecule has 0 aromatic rings. The van der Waals surface area contributed by atoms with Crippen LogP contribution in [0.1, 0.15) is 60.3 Å². The number of methoxy groups -OCH3 is 1. The van der Waals surface area contributed by atoms with E-state index in [1.54, 1.807) is 27.7 Å². The average molecular weight is 583 g/mol. The van der Waals surface area contributed by atoms with E-state index in [-0.39, 0.29) is 52.2 Å². The number of esters is 3. The van der Waals surface area contributed by atoms with Crippen LogP contribution in [-0.4, -0.2) is 108 Å². The first-order chi connectivity index (χ1) is 17.8. The zero-order valence-corrected chi connectivity index (χ0v) is 25.8. The molecule has 0 aliphatic carbocycles. The van der Waals surface area contributed by atoms with Crippen molar-refractivity contribution in [1.29, 1.82) is 0 Å². The lowest BCUT2D eigenvalue weighted by atomic mass is 9.65. The summed E-state index contributed by atoms with van der Waals surface area (Å²) >= 11 is 0. The molecular formula is C26H50N2O10S. The van der Waals surface area contributed by atoms with E-state index in [2.05, 4.69) is 0 Å². The van der Waals surface area contributed by atoms with Crippen molar-refractivity contribution in [1.82, 2.24) is 0 Å². The van der Waals surface area contributed by atoms with Crippen LogP contribution in [0.15, 0.2) is 0 Å². The fourth-order valence-corrected chi connectivity index (χ4v) is 5.02. The van der Waals surface area contributed by atoms with Crippen LogP contribution in [0.3, 0.4) is 0 Å². The summed E-state index contributed by atoms with van der Waals surface area (Å²) in [6, 6.07) is 0. The Morgan fingerprint density at radius 2 is 1.36 bits per heavy atom. The topological polar surface area (TPSA) is 171 Å². The van der Waals surface area contributed by atoms with Crippen molar-refractivity contribution in [2.24, 2.45) is 22.0 Å². The lowest BCUT2D eigenvalue weighted by molar-refractivity contribution is -0.890. The molecule has 0 saturated heterocycles. The number of ether oxygens (including phenoxy) is 4. The standard InChI is InChI=1S/C26H50N2O10S/c1-9-25(4,22(30)37-15-13-28(6,7)12-10-18-39(32,33)34)20-26(5,23(31)36-14-11-27)19-24(2,3)21(29)38-17-16-35-8/h9-20,27H2,1-8H3. The van der Waals surface area contributed by atoms with Gasteiger partial charge in [-0.05, 0) is 47.0 Å². The molecule has 0 aliphatic heterocycles. The van der Waals surface area contributed by atoms with Crippen molar-refractivity contribution in [3.63, 3.8) is 0 Å². The van der Waals surface area contributed by atoms with Crippen molar-refractivity contribution in [2.45, 2.75) is 60.3 Å². The summed E-state index contributed by atoms with van der Waals surface area (Å²) in [6.07, 6.45) is 0.689. The lowest BCUT2D eigenvalue weighted by Crippen LogP contribution is -2.46. The molecule has 230 valence electrons. The van der Waals surface area contributed by atoms with Crippen molar-refractivity contribution >= 4 is 28.0 Å². The molecule has 0 radical (unpaired) electrons. The highest BCUT2D eigenvalue weighted by molar-refractivity contribution is 7.85. The van der Waals surface area contributed by atoms with Crippen LogP contribution in [0.2, 0.25) is 0 Å². The van der Waals surface area contributed by atoms with Gasteiger partial charge in [-0.25, -0.2) is 8.42 Å². The van der Waals surface area contributed by atoms with Gasteiger partial charge in [-0.15, -0.1) is 0 Å². The number of nitrogens with two attached hydrogens (primary N) is 1. The fraction of sp³-hybridized carbons (Fsp3) is 0.885. The Hall–Kier alpha value is -1.80. The first-order valence-corrected chi connectivity index (χ1v) is 14.8. The Morgan fingerprint density at radius 3 is 1.87 bits per heavy atom. The summed E-state index contributed by atoms with van der Waals surface area (Å²) in [7, 11) is 0.912. The van der Waals surface area contributed by atoms with Crippen LogP contribution in [0, 0.1) is 16.2 Å². The van der Waals surface area contributed by atoms with Gasteiger partial charge in [0.1, 0.15) is 26.4 Å². The monoisotopic (exact) mass is 582 g/mol. The van der Waals surface area contributed by atoms with Gasteiger partial charge < -0.3 is 33.7 Å². The predicted octanol–water partition coefficient (Wildman–Crippen LogP) is 1.46. The summed E-state index contributed by atoms with van der Waals surface area (Å²) in [5.41, 5.74) is 2.15. The third kappa shape index (κ3) is 13.9. The van der Waals surface area contributed by atoms with E-state index in [1.807, 2.05) is 21.0 Å². The quantitative estimate of drug-likeness (QED) is 0.0724. The zero-order valence-electron chi connectivity index (χ0n) is 25.0. The first kappa shape index (κ1) is 37.2. The van der Waals surface area contributed by atoms with Crippen LogP contribution in [-0.2, 0) is 43.4 Å². The van der Waals surface area contributed by atoms with Gasteiger partial charge in [0.15, 0.2) is 0 Å². The third-order valence-electron chi connectivity index (χ3n) is 6.89. The van der Waals surface area contributed by atoms with Gasteiger partial charge in [-0.2, -0.15) is 0 Å². The first-order valence-electron chi connectivity index (χ1n) is 13.2. The summed E-state index contributed by atoms with van der Waals surface area (Å²) in [5.74, 6) is -2.00. The number of carbonyl (C=O) groups is 3. The normalized spacial score (nSPS) is 15.6. The zero-order chi connectivity index (χ0) is 30.5. The number of quaternary nitrogens is 1. The maximum atomic E-state index is 13.3. The molecule has 12 nitrogen and oxygen atoms in total. The SMILES string of the molecule is CCC(C)(CC(C)(CC(C)(C)C(=O)OCCOC)C(=O)OCCN)C(=O)OCC[N+](C)(C)CCCS(=O)(=O)[O-]. The summed E-state index contributed by atoms with van der Waals surface area (Å²) < 4.78 is 54.2. The fourth-order valence-electron chi connectivity index (χ4n) is 4.54. The van der Waals surface area contributed by atoms with E-state index < -0.39 is 50.0 Å². The minimum absolute atomic E-state index is 0.00106. The Labute approximate surface area is 234 Å². The molecule has 13 heteroatoms. The molecule has 0 aromatic carbocycles. The average Bonchev–Trinajstić information content (AvgIpc) is 2.80. The molecule has 2 unspecified atom stereocenters. The molecule has 0 heterocycles. The maximum Gasteiger partial charge on any atom is 0.312 e. The molecule has 0 spiro atoms. The van der Waals surface area contributed by atoms with Crippen LogP contribution < -0.4 is 5.73 Å². The van der Waals surface area contributed by atoms with Crippen LogP contribution in [0.5, 0.6) is 0 Å². The molecule has 0 fully saturated rings. The number of nitrogens with zero attached hydrogens (tertiary/aromatic N) is 1. The molecule has 0 rings (SSSR count). The van der Waals surface area contributed by atoms with Gasteiger partial charge >= 0.3 is 17.9 Å². The molecule has 2 atom stereocenters. The molecule has 39 heavy (non-hydrogen) atoms. The van der Waals surface area contributed by atoms with E-state index in [4.69, 9.17) is 24.7 Å². The predicted molar refractivity (Wildman–Crippen MR) is 144 cm³/mol. The second-order valence-electron chi connectivity index (χ2n) is 11.9. The van der Waals surface area contributed by atoms with Gasteiger partial charge in [0.05, 0.1) is 53.6 Å². The largest absolute Gasteiger partial charge is 0.748 e. The van der Waals surface area contributed by atoms with Crippen molar-refractivity contribution < 1.29 is 50.8 Å². The highest BCUT2D eigenvalue weighted by Gasteiger charge is 2.50. The van der Waals surface area contributed by atoms with Gasteiger partial charge in [-0.3, -0.25) is 14.4 Å². The summed E-state index contributed by atoms with van der Waals surface area (Å²) in [4.78, 5) is 39.3. The molecular weight excluding hydrogens is 532 g/mol. The number of hydrogen-bond acceptors (Lipinski definition) is 11. The maximum absolute atomic E-state index is 13.3. The summed E-state index contributed by atoms with van der Waals surface area (Å²) in [5, 5.41) is 0. The van der Waals surface area contributed by atoms with Crippen molar-refractivity contribution in [2.75, 3.05) is 73.0 Å². The van der Waals surface area contributed by atoms with Gasteiger partial charge in [0.2, 0.25) is 0 Å².